The Kier molecular flexibility index (Phi) is 4.58. The average molecular weight is 336 g/mol. The highest BCUT2D eigenvalue weighted by atomic mass is 35.5. The third-order valence-electron chi connectivity index (χ3n) is 3.21. The quantitative estimate of drug-likeness (QED) is 0.917. The monoisotopic (exact) mass is 335 g/mol. The summed E-state index contributed by atoms with van der Waals surface area (Å²) in [6.45, 7) is -0.744. The molecule has 1 aliphatic rings. The molecule has 0 aromatic heterocycles. The van der Waals surface area contributed by atoms with E-state index in [1.807, 2.05) is 0 Å². The van der Waals surface area contributed by atoms with Crippen molar-refractivity contribution in [1.82, 2.24) is 4.90 Å². The molecule has 0 bridgehead atoms. The number of carbonyl (C=O) groups excluding carboxylic acids is 1. The molecular weight excluding hydrogens is 324 g/mol. The van der Waals surface area contributed by atoms with Gasteiger partial charge in [0.2, 0.25) is 5.67 Å². The number of alkyl halides is 1. The maximum absolute atomic E-state index is 13.8. The summed E-state index contributed by atoms with van der Waals surface area (Å²) in [5, 5.41) is 9.41. The Morgan fingerprint density at radius 3 is 2.67 bits per heavy atom. The van der Waals surface area contributed by atoms with Crippen LogP contribution in [-0.4, -0.2) is 47.2 Å². The zero-order valence-electron chi connectivity index (χ0n) is 10.8. The molecule has 0 aliphatic carbocycles. The van der Waals surface area contributed by atoms with Gasteiger partial charge in [0.05, 0.1) is 16.6 Å². The molecule has 0 saturated carbocycles. The van der Waals surface area contributed by atoms with Gasteiger partial charge in [0.1, 0.15) is 5.75 Å². The molecule has 1 unspecified atom stereocenters. The van der Waals surface area contributed by atoms with E-state index in [-0.39, 0.29) is 24.6 Å². The van der Waals surface area contributed by atoms with Gasteiger partial charge in [-0.3, -0.25) is 4.79 Å². The van der Waals surface area contributed by atoms with Crippen LogP contribution in [0, 0.1) is 0 Å². The number of rotatable bonds is 4. The molecule has 114 valence electrons. The van der Waals surface area contributed by atoms with E-state index < -0.39 is 24.1 Å². The van der Waals surface area contributed by atoms with E-state index in [9.17, 15) is 14.0 Å². The summed E-state index contributed by atoms with van der Waals surface area (Å²) in [7, 11) is 0. The van der Waals surface area contributed by atoms with Crippen LogP contribution in [0.25, 0.3) is 0 Å². The summed E-state index contributed by atoms with van der Waals surface area (Å²) in [5.41, 5.74) is -2.38. The third-order valence-corrected chi connectivity index (χ3v) is 3.95. The van der Waals surface area contributed by atoms with Crippen molar-refractivity contribution in [1.29, 1.82) is 0 Å². The minimum atomic E-state index is -2.38. The highest BCUT2D eigenvalue weighted by Crippen LogP contribution is 2.27. The SMILES string of the molecule is O=C(COc1ccc(Cl)c(Cl)c1)N1CCC(F)(C(=O)O)C1. The van der Waals surface area contributed by atoms with Crippen LogP contribution in [-0.2, 0) is 9.59 Å². The molecule has 1 atom stereocenters. The van der Waals surface area contributed by atoms with E-state index in [1.54, 1.807) is 6.07 Å². The first-order valence-corrected chi connectivity index (χ1v) is 6.85. The largest absolute Gasteiger partial charge is 0.484 e. The molecule has 1 N–H and O–H groups in total. The molecule has 1 aromatic carbocycles. The maximum Gasteiger partial charge on any atom is 0.343 e. The number of ether oxygens (including phenoxy) is 1. The second-order valence-corrected chi connectivity index (χ2v) is 5.51. The van der Waals surface area contributed by atoms with Crippen molar-refractivity contribution in [3.05, 3.63) is 28.2 Å². The van der Waals surface area contributed by atoms with Crippen molar-refractivity contribution in [2.24, 2.45) is 0 Å². The van der Waals surface area contributed by atoms with Gasteiger partial charge in [-0.25, -0.2) is 9.18 Å². The van der Waals surface area contributed by atoms with Crippen molar-refractivity contribution in [2.75, 3.05) is 19.7 Å². The average Bonchev–Trinajstić information content (AvgIpc) is 2.84. The molecule has 1 fully saturated rings. The van der Waals surface area contributed by atoms with Crippen LogP contribution in [0.15, 0.2) is 18.2 Å². The summed E-state index contributed by atoms with van der Waals surface area (Å²) in [6.07, 6.45) is -0.221. The van der Waals surface area contributed by atoms with Crippen LogP contribution in [0.2, 0.25) is 10.0 Å². The van der Waals surface area contributed by atoms with Crippen molar-refractivity contribution >= 4 is 35.1 Å². The van der Waals surface area contributed by atoms with E-state index >= 15 is 0 Å². The number of hydrogen-bond acceptors (Lipinski definition) is 3. The molecule has 0 spiro atoms. The lowest BCUT2D eigenvalue weighted by Crippen LogP contribution is -2.40. The molecule has 1 saturated heterocycles. The van der Waals surface area contributed by atoms with E-state index in [1.165, 1.54) is 12.1 Å². The molecule has 1 heterocycles. The molecule has 0 radical (unpaired) electrons. The molecule has 8 heteroatoms. The van der Waals surface area contributed by atoms with Crippen molar-refractivity contribution in [2.45, 2.75) is 12.1 Å². The Hall–Kier alpha value is -1.53. The van der Waals surface area contributed by atoms with Crippen LogP contribution in [0.4, 0.5) is 4.39 Å². The number of aliphatic carboxylic acids is 1. The van der Waals surface area contributed by atoms with E-state index in [0.29, 0.717) is 10.8 Å². The van der Waals surface area contributed by atoms with Gasteiger partial charge < -0.3 is 14.7 Å². The Morgan fingerprint density at radius 2 is 2.10 bits per heavy atom. The number of benzene rings is 1. The third kappa shape index (κ3) is 3.57. The zero-order valence-corrected chi connectivity index (χ0v) is 12.3. The standard InChI is InChI=1S/C13H12Cl2FNO4/c14-9-2-1-8(5-10(9)15)21-6-11(18)17-4-3-13(16,7-17)12(19)20/h1-2,5H,3-4,6-7H2,(H,19,20). The minimum absolute atomic E-state index is 0.0480. The molecule has 21 heavy (non-hydrogen) atoms. The number of nitrogens with zero attached hydrogens (tertiary/aromatic N) is 1. The number of carboxylic acid groups (broad SMARTS) is 1. The van der Waals surface area contributed by atoms with E-state index in [2.05, 4.69) is 0 Å². The summed E-state index contributed by atoms with van der Waals surface area (Å²) < 4.78 is 19.1. The summed E-state index contributed by atoms with van der Waals surface area (Å²) >= 11 is 11.6. The number of carbonyl (C=O) groups is 2. The van der Waals surface area contributed by atoms with Gasteiger partial charge in [0.25, 0.3) is 5.91 Å². The maximum atomic E-state index is 13.8. The first-order valence-electron chi connectivity index (χ1n) is 6.10. The van der Waals surface area contributed by atoms with Crippen LogP contribution in [0.1, 0.15) is 6.42 Å². The number of halogens is 3. The van der Waals surface area contributed by atoms with Crippen LogP contribution in [0.3, 0.4) is 0 Å². The highest BCUT2D eigenvalue weighted by molar-refractivity contribution is 6.42. The van der Waals surface area contributed by atoms with Crippen molar-refractivity contribution < 1.29 is 23.8 Å². The molecule has 1 amide bonds. The fourth-order valence-electron chi connectivity index (χ4n) is 1.96. The van der Waals surface area contributed by atoms with Gasteiger partial charge in [-0.15, -0.1) is 0 Å². The van der Waals surface area contributed by atoms with Crippen LogP contribution >= 0.6 is 23.2 Å². The van der Waals surface area contributed by atoms with Crippen LogP contribution in [0.5, 0.6) is 5.75 Å². The Morgan fingerprint density at radius 1 is 1.38 bits per heavy atom. The predicted octanol–water partition coefficient (Wildman–Crippen LogP) is 2.40. The molecule has 1 aliphatic heterocycles. The van der Waals surface area contributed by atoms with Gasteiger partial charge >= 0.3 is 5.97 Å². The lowest BCUT2D eigenvalue weighted by molar-refractivity contribution is -0.150. The van der Waals surface area contributed by atoms with Gasteiger partial charge in [-0.05, 0) is 12.1 Å². The van der Waals surface area contributed by atoms with Crippen LogP contribution < -0.4 is 4.74 Å². The second kappa shape index (κ2) is 6.07. The van der Waals surface area contributed by atoms with Gasteiger partial charge in [-0.2, -0.15) is 0 Å². The first-order chi connectivity index (χ1) is 9.82. The normalized spacial score (nSPS) is 21.4. The second-order valence-electron chi connectivity index (χ2n) is 4.70. The number of carboxylic acids is 1. The van der Waals surface area contributed by atoms with Gasteiger partial charge in [0, 0.05) is 19.0 Å². The predicted molar refractivity (Wildman–Crippen MR) is 74.6 cm³/mol. The van der Waals surface area contributed by atoms with E-state index in [0.717, 1.165) is 4.90 Å². The number of likely N-dealkylation sites (tertiary alicyclic amines) is 1. The van der Waals surface area contributed by atoms with Crippen molar-refractivity contribution in [3.63, 3.8) is 0 Å². The van der Waals surface area contributed by atoms with Gasteiger partial charge in [-0.1, -0.05) is 23.2 Å². The fourth-order valence-corrected chi connectivity index (χ4v) is 2.25. The molecule has 1 aromatic rings. The first kappa shape index (κ1) is 15.9. The van der Waals surface area contributed by atoms with E-state index in [4.69, 9.17) is 33.0 Å². The smallest absolute Gasteiger partial charge is 0.343 e. The van der Waals surface area contributed by atoms with Crippen molar-refractivity contribution in [3.8, 4) is 5.75 Å². The Labute approximate surface area is 130 Å². The minimum Gasteiger partial charge on any atom is -0.484 e. The Bertz CT molecular complexity index is 583. The molecule has 2 rings (SSSR count). The van der Waals surface area contributed by atoms with Gasteiger partial charge in [0.15, 0.2) is 6.61 Å². The summed E-state index contributed by atoms with van der Waals surface area (Å²) in [5.74, 6) is -1.69. The lowest BCUT2D eigenvalue weighted by atomic mass is 10.1. The highest BCUT2D eigenvalue weighted by Gasteiger charge is 2.46. The fraction of sp³-hybridized carbons (Fsp3) is 0.385. The topological polar surface area (TPSA) is 66.8 Å². The lowest BCUT2D eigenvalue weighted by Gasteiger charge is -2.18. The zero-order chi connectivity index (χ0) is 15.6. The molecule has 5 nitrogen and oxygen atoms in total. The summed E-state index contributed by atoms with van der Waals surface area (Å²) in [6, 6.07) is 4.52. The summed E-state index contributed by atoms with van der Waals surface area (Å²) in [4.78, 5) is 23.8. The molecular formula is C13H12Cl2FNO4. The number of hydrogen-bond donors (Lipinski definition) is 1. The number of amides is 1. The Balaban J connectivity index is 1.91.